The van der Waals surface area contributed by atoms with E-state index in [0.29, 0.717) is 6.04 Å². The van der Waals surface area contributed by atoms with Crippen molar-refractivity contribution in [3.05, 3.63) is 34.4 Å². The minimum absolute atomic E-state index is 0.433. The zero-order chi connectivity index (χ0) is 12.1. The number of benzene rings is 1. The predicted octanol–water partition coefficient (Wildman–Crippen LogP) is 2.61. The Labute approximate surface area is 99.2 Å². The Morgan fingerprint density at radius 3 is 2.44 bits per heavy atom. The fourth-order valence-corrected chi connectivity index (χ4v) is 2.13. The van der Waals surface area contributed by atoms with Gasteiger partial charge in [0, 0.05) is 6.04 Å². The minimum atomic E-state index is 0.433. The van der Waals surface area contributed by atoms with E-state index in [-0.39, 0.29) is 0 Å². The zero-order valence-corrected chi connectivity index (χ0v) is 10.9. The summed E-state index contributed by atoms with van der Waals surface area (Å²) < 4.78 is 0. The summed E-state index contributed by atoms with van der Waals surface area (Å²) in [6.07, 6.45) is 2.17. The van der Waals surface area contributed by atoms with Crippen molar-refractivity contribution in [2.75, 3.05) is 13.6 Å². The van der Waals surface area contributed by atoms with E-state index in [1.165, 1.54) is 22.3 Å². The van der Waals surface area contributed by atoms with Crippen molar-refractivity contribution in [1.82, 2.24) is 5.32 Å². The lowest BCUT2D eigenvalue weighted by Gasteiger charge is -2.20. The maximum atomic E-state index is 5.57. The standard InChI is InChI=1S/C14H24N2/c1-10-7-8-13(12(3)11(10)2)14(16-4)6-5-9-15/h7-8,14,16H,5-6,9,15H2,1-4H3. The first-order valence-electron chi connectivity index (χ1n) is 6.05. The van der Waals surface area contributed by atoms with E-state index in [1.807, 2.05) is 7.05 Å². The summed E-state index contributed by atoms with van der Waals surface area (Å²) in [4.78, 5) is 0. The lowest BCUT2D eigenvalue weighted by Crippen LogP contribution is -2.19. The zero-order valence-electron chi connectivity index (χ0n) is 10.9. The molecule has 16 heavy (non-hydrogen) atoms. The molecule has 0 fully saturated rings. The van der Waals surface area contributed by atoms with Gasteiger partial charge in [-0.3, -0.25) is 0 Å². The van der Waals surface area contributed by atoms with Gasteiger partial charge >= 0.3 is 0 Å². The van der Waals surface area contributed by atoms with E-state index in [4.69, 9.17) is 5.73 Å². The van der Waals surface area contributed by atoms with Crippen molar-refractivity contribution in [2.24, 2.45) is 5.73 Å². The molecular formula is C14H24N2. The smallest absolute Gasteiger partial charge is 0.0320 e. The molecule has 1 atom stereocenters. The van der Waals surface area contributed by atoms with Gasteiger partial charge in [0.1, 0.15) is 0 Å². The van der Waals surface area contributed by atoms with Crippen LogP contribution in [0.25, 0.3) is 0 Å². The van der Waals surface area contributed by atoms with Crippen molar-refractivity contribution in [3.8, 4) is 0 Å². The molecule has 0 aliphatic rings. The van der Waals surface area contributed by atoms with Gasteiger partial charge in [0.2, 0.25) is 0 Å². The predicted molar refractivity (Wildman–Crippen MR) is 70.7 cm³/mol. The van der Waals surface area contributed by atoms with Crippen LogP contribution in [0.3, 0.4) is 0 Å². The average Bonchev–Trinajstić information content (AvgIpc) is 2.29. The molecule has 0 aliphatic carbocycles. The summed E-state index contributed by atoms with van der Waals surface area (Å²) in [6, 6.07) is 4.89. The third kappa shape index (κ3) is 2.83. The monoisotopic (exact) mass is 220 g/mol. The van der Waals surface area contributed by atoms with E-state index in [9.17, 15) is 0 Å². The van der Waals surface area contributed by atoms with Crippen LogP contribution in [-0.4, -0.2) is 13.6 Å². The van der Waals surface area contributed by atoms with Gasteiger partial charge < -0.3 is 11.1 Å². The Kier molecular flexibility index (Phi) is 4.97. The lowest BCUT2D eigenvalue weighted by molar-refractivity contribution is 0.528. The third-order valence-electron chi connectivity index (χ3n) is 3.52. The van der Waals surface area contributed by atoms with Crippen LogP contribution < -0.4 is 11.1 Å². The Morgan fingerprint density at radius 2 is 1.88 bits per heavy atom. The van der Waals surface area contributed by atoms with Crippen LogP contribution in [0.1, 0.15) is 41.1 Å². The average molecular weight is 220 g/mol. The number of aryl methyl sites for hydroxylation is 1. The van der Waals surface area contributed by atoms with E-state index in [2.05, 4.69) is 38.2 Å². The van der Waals surface area contributed by atoms with Crippen molar-refractivity contribution < 1.29 is 0 Å². The number of hydrogen-bond acceptors (Lipinski definition) is 2. The highest BCUT2D eigenvalue weighted by Gasteiger charge is 2.12. The lowest BCUT2D eigenvalue weighted by atomic mass is 9.92. The largest absolute Gasteiger partial charge is 0.330 e. The summed E-state index contributed by atoms with van der Waals surface area (Å²) in [7, 11) is 2.02. The molecule has 0 aromatic heterocycles. The normalized spacial score (nSPS) is 12.8. The second-order valence-electron chi connectivity index (χ2n) is 4.49. The van der Waals surface area contributed by atoms with Crippen LogP contribution in [0.2, 0.25) is 0 Å². The Balaban J connectivity index is 2.96. The first-order chi connectivity index (χ1) is 7.61. The fourth-order valence-electron chi connectivity index (χ4n) is 2.13. The highest BCUT2D eigenvalue weighted by molar-refractivity contribution is 5.40. The summed E-state index contributed by atoms with van der Waals surface area (Å²) in [6.45, 7) is 7.34. The molecule has 0 saturated heterocycles. The second kappa shape index (κ2) is 6.02. The van der Waals surface area contributed by atoms with Gasteiger partial charge in [-0.1, -0.05) is 12.1 Å². The molecule has 1 rings (SSSR count). The van der Waals surface area contributed by atoms with Crippen LogP contribution in [0.4, 0.5) is 0 Å². The molecule has 0 bridgehead atoms. The maximum Gasteiger partial charge on any atom is 0.0320 e. The van der Waals surface area contributed by atoms with Crippen LogP contribution in [0.5, 0.6) is 0 Å². The third-order valence-corrected chi connectivity index (χ3v) is 3.52. The van der Waals surface area contributed by atoms with Gasteiger partial charge in [0.15, 0.2) is 0 Å². The second-order valence-corrected chi connectivity index (χ2v) is 4.49. The highest BCUT2D eigenvalue weighted by Crippen LogP contribution is 2.25. The van der Waals surface area contributed by atoms with Crippen LogP contribution in [0, 0.1) is 20.8 Å². The minimum Gasteiger partial charge on any atom is -0.330 e. The molecule has 2 nitrogen and oxygen atoms in total. The Bertz CT molecular complexity index is 345. The molecular weight excluding hydrogens is 196 g/mol. The molecule has 1 aromatic carbocycles. The highest BCUT2D eigenvalue weighted by atomic mass is 14.9. The summed E-state index contributed by atoms with van der Waals surface area (Å²) >= 11 is 0. The molecule has 0 saturated carbocycles. The van der Waals surface area contributed by atoms with Gasteiger partial charge in [0.25, 0.3) is 0 Å². The van der Waals surface area contributed by atoms with Crippen LogP contribution in [0.15, 0.2) is 12.1 Å². The van der Waals surface area contributed by atoms with Gasteiger partial charge in [-0.25, -0.2) is 0 Å². The van der Waals surface area contributed by atoms with Gasteiger partial charge in [0.05, 0.1) is 0 Å². The number of nitrogens with two attached hydrogens (primary N) is 1. The molecule has 0 aliphatic heterocycles. The van der Waals surface area contributed by atoms with E-state index in [0.717, 1.165) is 19.4 Å². The Hall–Kier alpha value is -0.860. The molecule has 2 heteroatoms. The van der Waals surface area contributed by atoms with Crippen LogP contribution >= 0.6 is 0 Å². The molecule has 0 radical (unpaired) electrons. The molecule has 0 spiro atoms. The summed E-state index contributed by atoms with van der Waals surface area (Å²) in [5.74, 6) is 0. The first-order valence-corrected chi connectivity index (χ1v) is 6.05. The fraction of sp³-hybridized carbons (Fsp3) is 0.571. The number of hydrogen-bond donors (Lipinski definition) is 2. The van der Waals surface area contributed by atoms with Gasteiger partial charge in [-0.15, -0.1) is 0 Å². The number of nitrogens with one attached hydrogen (secondary N) is 1. The summed E-state index contributed by atoms with van der Waals surface area (Å²) in [5, 5.41) is 3.39. The molecule has 90 valence electrons. The van der Waals surface area contributed by atoms with Crippen molar-refractivity contribution in [3.63, 3.8) is 0 Å². The van der Waals surface area contributed by atoms with E-state index in [1.54, 1.807) is 0 Å². The molecule has 1 unspecified atom stereocenters. The molecule has 1 aromatic rings. The molecule has 0 amide bonds. The van der Waals surface area contributed by atoms with E-state index < -0.39 is 0 Å². The SMILES string of the molecule is CNC(CCCN)c1ccc(C)c(C)c1C. The number of rotatable bonds is 5. The van der Waals surface area contributed by atoms with E-state index >= 15 is 0 Å². The molecule has 3 N–H and O–H groups in total. The quantitative estimate of drug-likeness (QED) is 0.800. The first kappa shape index (κ1) is 13.2. The van der Waals surface area contributed by atoms with Crippen molar-refractivity contribution >= 4 is 0 Å². The molecule has 0 heterocycles. The van der Waals surface area contributed by atoms with Crippen molar-refractivity contribution in [2.45, 2.75) is 39.7 Å². The van der Waals surface area contributed by atoms with Crippen molar-refractivity contribution in [1.29, 1.82) is 0 Å². The van der Waals surface area contributed by atoms with Crippen LogP contribution in [-0.2, 0) is 0 Å². The topological polar surface area (TPSA) is 38.0 Å². The Morgan fingerprint density at radius 1 is 1.19 bits per heavy atom. The summed E-state index contributed by atoms with van der Waals surface area (Å²) in [5.41, 5.74) is 11.2. The van der Waals surface area contributed by atoms with Gasteiger partial charge in [-0.05, 0) is 69.5 Å². The maximum absolute atomic E-state index is 5.57. The van der Waals surface area contributed by atoms with Gasteiger partial charge in [-0.2, -0.15) is 0 Å².